The van der Waals surface area contributed by atoms with Crippen LogP contribution in [-0.4, -0.2) is 15.9 Å². The van der Waals surface area contributed by atoms with Crippen LogP contribution in [-0.2, 0) is 0 Å². The minimum atomic E-state index is -0.233. The maximum Gasteiger partial charge on any atom is 0.256 e. The van der Waals surface area contributed by atoms with Crippen molar-refractivity contribution in [2.24, 2.45) is 0 Å². The number of rotatable bonds is 2. The minimum Gasteiger partial charge on any atom is -0.319 e. The molecule has 5 heteroatoms. The molecule has 104 valence electrons. The largest absolute Gasteiger partial charge is 0.319 e. The van der Waals surface area contributed by atoms with Gasteiger partial charge in [-0.3, -0.25) is 9.78 Å². The van der Waals surface area contributed by atoms with E-state index in [4.69, 9.17) is 11.6 Å². The molecule has 0 aliphatic heterocycles. The summed E-state index contributed by atoms with van der Waals surface area (Å²) in [6.07, 6.45) is 3.27. The normalized spacial score (nSPS) is 10.6. The third-order valence-corrected chi connectivity index (χ3v) is 3.42. The van der Waals surface area contributed by atoms with Gasteiger partial charge < -0.3 is 5.32 Å². The number of fused-ring (bicyclic) bond motifs is 1. The Balaban J connectivity index is 1.99. The lowest BCUT2D eigenvalue weighted by molar-refractivity contribution is 0.102. The highest BCUT2D eigenvalue weighted by Crippen LogP contribution is 2.22. The number of para-hydroxylation sites is 1. The molecule has 0 spiro atoms. The summed E-state index contributed by atoms with van der Waals surface area (Å²) in [6, 6.07) is 11.0. The molecule has 0 atom stereocenters. The van der Waals surface area contributed by atoms with Gasteiger partial charge in [0.2, 0.25) is 0 Å². The van der Waals surface area contributed by atoms with Crippen LogP contribution >= 0.6 is 11.6 Å². The molecule has 2 aromatic heterocycles. The number of anilines is 1. The van der Waals surface area contributed by atoms with Crippen molar-refractivity contribution in [1.29, 1.82) is 0 Å². The average molecular weight is 298 g/mol. The van der Waals surface area contributed by atoms with Crippen LogP contribution in [0.1, 0.15) is 15.9 Å². The molecule has 1 amide bonds. The van der Waals surface area contributed by atoms with Crippen LogP contribution in [0.15, 0.2) is 48.8 Å². The molecule has 21 heavy (non-hydrogen) atoms. The highest BCUT2D eigenvalue weighted by molar-refractivity contribution is 6.32. The second-order valence-corrected chi connectivity index (χ2v) is 5.04. The molecule has 0 saturated heterocycles. The Labute approximate surface area is 126 Å². The Bertz CT molecular complexity index is 827. The fourth-order valence-electron chi connectivity index (χ4n) is 2.12. The van der Waals surface area contributed by atoms with Gasteiger partial charge in [0.05, 0.1) is 16.8 Å². The van der Waals surface area contributed by atoms with E-state index in [-0.39, 0.29) is 11.1 Å². The van der Waals surface area contributed by atoms with E-state index in [1.807, 2.05) is 31.2 Å². The first kappa shape index (κ1) is 13.5. The maximum absolute atomic E-state index is 12.5. The lowest BCUT2D eigenvalue weighted by Crippen LogP contribution is -2.13. The van der Waals surface area contributed by atoms with Crippen molar-refractivity contribution >= 4 is 34.1 Å². The first-order valence-electron chi connectivity index (χ1n) is 6.42. The Kier molecular flexibility index (Phi) is 3.54. The van der Waals surface area contributed by atoms with E-state index in [0.717, 1.165) is 16.5 Å². The zero-order chi connectivity index (χ0) is 14.8. The van der Waals surface area contributed by atoms with Gasteiger partial charge in [0.1, 0.15) is 0 Å². The quantitative estimate of drug-likeness (QED) is 0.731. The summed E-state index contributed by atoms with van der Waals surface area (Å²) < 4.78 is 0. The van der Waals surface area contributed by atoms with Crippen LogP contribution in [0.2, 0.25) is 5.15 Å². The molecule has 0 aliphatic carbocycles. The number of halogens is 1. The van der Waals surface area contributed by atoms with Crippen molar-refractivity contribution in [2.45, 2.75) is 6.92 Å². The predicted molar refractivity (Wildman–Crippen MR) is 83.7 cm³/mol. The van der Waals surface area contributed by atoms with E-state index in [1.54, 1.807) is 24.5 Å². The molecule has 0 bridgehead atoms. The summed E-state index contributed by atoms with van der Waals surface area (Å²) in [6.45, 7) is 1.89. The van der Waals surface area contributed by atoms with Gasteiger partial charge in [0.25, 0.3) is 5.91 Å². The van der Waals surface area contributed by atoms with Gasteiger partial charge in [-0.05, 0) is 30.7 Å². The van der Waals surface area contributed by atoms with E-state index >= 15 is 0 Å². The summed E-state index contributed by atoms with van der Waals surface area (Å²) in [5.74, 6) is -0.233. The zero-order valence-corrected chi connectivity index (χ0v) is 12.1. The first-order chi connectivity index (χ1) is 10.1. The van der Waals surface area contributed by atoms with Gasteiger partial charge >= 0.3 is 0 Å². The SMILES string of the molecule is Cc1cnc(Cl)c(NC(=O)c2ccnc3ccccc23)c1. The van der Waals surface area contributed by atoms with E-state index in [1.165, 1.54) is 0 Å². The number of nitrogens with one attached hydrogen (secondary N) is 1. The van der Waals surface area contributed by atoms with Crippen molar-refractivity contribution < 1.29 is 4.79 Å². The molecule has 0 radical (unpaired) electrons. The van der Waals surface area contributed by atoms with Crippen LogP contribution in [0.3, 0.4) is 0 Å². The summed E-state index contributed by atoms with van der Waals surface area (Å²) in [5.41, 5.74) is 2.76. The van der Waals surface area contributed by atoms with E-state index < -0.39 is 0 Å². The lowest BCUT2D eigenvalue weighted by atomic mass is 10.1. The molecular formula is C16H12ClN3O. The Morgan fingerprint density at radius 1 is 1.19 bits per heavy atom. The smallest absolute Gasteiger partial charge is 0.256 e. The molecule has 3 aromatic rings. The second-order valence-electron chi connectivity index (χ2n) is 4.68. The molecule has 1 N–H and O–H groups in total. The number of nitrogens with zero attached hydrogens (tertiary/aromatic N) is 2. The number of carbonyl (C=O) groups excluding carboxylic acids is 1. The van der Waals surface area contributed by atoms with Crippen molar-refractivity contribution in [3.05, 3.63) is 65.1 Å². The number of amides is 1. The van der Waals surface area contributed by atoms with Crippen LogP contribution in [0.4, 0.5) is 5.69 Å². The maximum atomic E-state index is 12.5. The Morgan fingerprint density at radius 3 is 2.86 bits per heavy atom. The number of aryl methyl sites for hydroxylation is 1. The summed E-state index contributed by atoms with van der Waals surface area (Å²) in [4.78, 5) is 20.7. The number of benzene rings is 1. The molecular weight excluding hydrogens is 286 g/mol. The van der Waals surface area contributed by atoms with Crippen LogP contribution in [0.5, 0.6) is 0 Å². The Morgan fingerprint density at radius 2 is 2.00 bits per heavy atom. The number of aromatic nitrogens is 2. The monoisotopic (exact) mass is 297 g/mol. The molecule has 0 fully saturated rings. The predicted octanol–water partition coefficient (Wildman–Crippen LogP) is 3.84. The van der Waals surface area contributed by atoms with Crippen molar-refractivity contribution in [1.82, 2.24) is 9.97 Å². The Hall–Kier alpha value is -2.46. The third kappa shape index (κ3) is 2.71. The van der Waals surface area contributed by atoms with E-state index in [9.17, 15) is 4.79 Å². The molecule has 2 heterocycles. The number of carbonyl (C=O) groups is 1. The van der Waals surface area contributed by atoms with Gasteiger partial charge in [-0.25, -0.2) is 4.98 Å². The highest BCUT2D eigenvalue weighted by atomic mass is 35.5. The molecule has 0 saturated carbocycles. The average Bonchev–Trinajstić information content (AvgIpc) is 2.50. The topological polar surface area (TPSA) is 54.9 Å². The van der Waals surface area contributed by atoms with Crippen LogP contribution in [0, 0.1) is 6.92 Å². The summed E-state index contributed by atoms with van der Waals surface area (Å²) >= 11 is 6.01. The molecule has 0 unspecified atom stereocenters. The minimum absolute atomic E-state index is 0.233. The number of pyridine rings is 2. The third-order valence-electron chi connectivity index (χ3n) is 3.12. The van der Waals surface area contributed by atoms with Crippen molar-refractivity contribution in [3.63, 3.8) is 0 Å². The number of hydrogen-bond acceptors (Lipinski definition) is 3. The fraction of sp³-hybridized carbons (Fsp3) is 0.0625. The molecule has 0 aliphatic rings. The lowest BCUT2D eigenvalue weighted by Gasteiger charge is -2.09. The van der Waals surface area contributed by atoms with Crippen molar-refractivity contribution in [3.8, 4) is 0 Å². The van der Waals surface area contributed by atoms with E-state index in [0.29, 0.717) is 11.3 Å². The molecule has 1 aromatic carbocycles. The van der Waals surface area contributed by atoms with Crippen LogP contribution < -0.4 is 5.32 Å². The zero-order valence-electron chi connectivity index (χ0n) is 11.3. The van der Waals surface area contributed by atoms with Crippen LogP contribution in [0.25, 0.3) is 10.9 Å². The standard InChI is InChI=1S/C16H12ClN3O/c1-10-8-14(15(17)19-9-10)20-16(21)12-6-7-18-13-5-3-2-4-11(12)13/h2-9H,1H3,(H,20,21). The van der Waals surface area contributed by atoms with Gasteiger partial charge in [0, 0.05) is 17.8 Å². The number of hydrogen-bond donors (Lipinski definition) is 1. The first-order valence-corrected chi connectivity index (χ1v) is 6.80. The molecule has 3 rings (SSSR count). The van der Waals surface area contributed by atoms with E-state index in [2.05, 4.69) is 15.3 Å². The fourth-order valence-corrected chi connectivity index (χ4v) is 2.27. The van der Waals surface area contributed by atoms with Gasteiger partial charge in [-0.2, -0.15) is 0 Å². The second kappa shape index (κ2) is 5.50. The highest BCUT2D eigenvalue weighted by Gasteiger charge is 2.12. The van der Waals surface area contributed by atoms with Gasteiger partial charge in [-0.15, -0.1) is 0 Å². The summed E-state index contributed by atoms with van der Waals surface area (Å²) in [5, 5.41) is 3.87. The summed E-state index contributed by atoms with van der Waals surface area (Å²) in [7, 11) is 0. The van der Waals surface area contributed by atoms with Gasteiger partial charge in [0.15, 0.2) is 5.15 Å². The molecule has 4 nitrogen and oxygen atoms in total. The van der Waals surface area contributed by atoms with Gasteiger partial charge in [-0.1, -0.05) is 29.8 Å². The van der Waals surface area contributed by atoms with Crippen molar-refractivity contribution in [2.75, 3.05) is 5.32 Å².